The number of carbonyl (C=O) groups is 1. The van der Waals surface area contributed by atoms with Crippen LogP contribution in [0.2, 0.25) is 0 Å². The quantitative estimate of drug-likeness (QED) is 0.259. The normalized spacial score (nSPS) is 15.6. The highest BCUT2D eigenvalue weighted by Gasteiger charge is 2.34. The lowest BCUT2D eigenvalue weighted by atomic mass is 10.0. The number of nitrogen functional groups attached to an aromatic ring is 1. The van der Waals surface area contributed by atoms with Crippen LogP contribution in [0.3, 0.4) is 0 Å². The van der Waals surface area contributed by atoms with Crippen LogP contribution in [0.15, 0.2) is 72.2 Å². The largest absolute Gasteiger partial charge is 0.416 e. The number of rotatable bonds is 5. The standard InChI is InChI=1S/C25H20ClF3N8O/c1-37-8-6-18(36-37)21-20(14-4-5-17-13(9-14)3-2-7-31-17)34-22(23(30)35-21)24(38)32-12-16-10-15(25(27,28)29)11-19(26)33-16/h2-11,19,33H,12H2,1H3,(H2,30,35)(H,32,38). The van der Waals surface area contributed by atoms with Crippen molar-refractivity contribution in [2.45, 2.75) is 11.7 Å². The molecule has 1 amide bonds. The monoisotopic (exact) mass is 540 g/mol. The molecule has 1 aromatic carbocycles. The number of aryl methyl sites for hydroxylation is 1. The number of hydrogen-bond acceptors (Lipinski definition) is 7. The van der Waals surface area contributed by atoms with Crippen LogP contribution in [0.25, 0.3) is 33.5 Å². The van der Waals surface area contributed by atoms with Gasteiger partial charge in [-0.2, -0.15) is 18.3 Å². The Morgan fingerprint density at radius 1 is 1.21 bits per heavy atom. The van der Waals surface area contributed by atoms with E-state index in [1.54, 1.807) is 42.3 Å². The second-order valence-electron chi connectivity index (χ2n) is 8.46. The van der Waals surface area contributed by atoms with Gasteiger partial charge in [0.15, 0.2) is 11.5 Å². The molecule has 4 N–H and O–H groups in total. The number of alkyl halides is 4. The lowest BCUT2D eigenvalue weighted by Crippen LogP contribution is -2.36. The van der Waals surface area contributed by atoms with Crippen LogP contribution in [-0.2, 0) is 7.05 Å². The van der Waals surface area contributed by atoms with Crippen LogP contribution in [0, 0.1) is 0 Å². The fraction of sp³-hybridized carbons (Fsp3) is 0.160. The third-order valence-corrected chi connectivity index (χ3v) is 5.95. The first kappa shape index (κ1) is 25.2. The fourth-order valence-electron chi connectivity index (χ4n) is 3.95. The second-order valence-corrected chi connectivity index (χ2v) is 8.93. The second kappa shape index (κ2) is 9.78. The molecule has 5 rings (SSSR count). The molecule has 4 aromatic rings. The molecule has 0 spiro atoms. The van der Waals surface area contributed by atoms with Gasteiger partial charge >= 0.3 is 6.18 Å². The van der Waals surface area contributed by atoms with Gasteiger partial charge < -0.3 is 16.4 Å². The average Bonchev–Trinajstić information content (AvgIpc) is 3.32. The van der Waals surface area contributed by atoms with E-state index in [1.807, 2.05) is 18.2 Å². The van der Waals surface area contributed by atoms with E-state index in [2.05, 4.69) is 30.7 Å². The van der Waals surface area contributed by atoms with Crippen LogP contribution in [0.1, 0.15) is 10.5 Å². The van der Waals surface area contributed by atoms with Crippen molar-refractivity contribution in [2.75, 3.05) is 12.3 Å². The Kier molecular flexibility index (Phi) is 6.49. The minimum Gasteiger partial charge on any atom is -0.382 e. The van der Waals surface area contributed by atoms with Crippen molar-refractivity contribution in [3.63, 3.8) is 0 Å². The molecular formula is C25H20ClF3N8O. The highest BCUT2D eigenvalue weighted by Crippen LogP contribution is 2.32. The molecule has 1 aliphatic heterocycles. The maximum atomic E-state index is 13.2. The number of dihydropyridines is 1. The van der Waals surface area contributed by atoms with Crippen LogP contribution < -0.4 is 16.4 Å². The number of allylic oxidation sites excluding steroid dienone is 2. The van der Waals surface area contributed by atoms with Crippen LogP contribution in [-0.4, -0.2) is 48.9 Å². The lowest BCUT2D eigenvalue weighted by Gasteiger charge is -2.22. The predicted octanol–water partition coefficient (Wildman–Crippen LogP) is 3.95. The van der Waals surface area contributed by atoms with E-state index in [4.69, 9.17) is 17.3 Å². The Balaban J connectivity index is 1.50. The third-order valence-electron chi connectivity index (χ3n) is 5.72. The van der Waals surface area contributed by atoms with E-state index in [-0.39, 0.29) is 23.8 Å². The number of benzene rings is 1. The molecule has 38 heavy (non-hydrogen) atoms. The summed E-state index contributed by atoms with van der Waals surface area (Å²) < 4.78 is 41.1. The van der Waals surface area contributed by atoms with Gasteiger partial charge in [-0.25, -0.2) is 9.97 Å². The molecular weight excluding hydrogens is 521 g/mol. The lowest BCUT2D eigenvalue weighted by molar-refractivity contribution is -0.0887. The molecule has 4 heterocycles. The molecule has 1 unspecified atom stereocenters. The van der Waals surface area contributed by atoms with E-state index < -0.39 is 23.2 Å². The zero-order valence-electron chi connectivity index (χ0n) is 19.8. The Hall–Kier alpha value is -4.45. The van der Waals surface area contributed by atoms with Crippen LogP contribution >= 0.6 is 11.6 Å². The van der Waals surface area contributed by atoms with E-state index in [9.17, 15) is 18.0 Å². The van der Waals surface area contributed by atoms with Gasteiger partial charge in [0.25, 0.3) is 5.91 Å². The Labute approximate surface area is 219 Å². The van der Waals surface area contributed by atoms with E-state index in [0.717, 1.165) is 23.1 Å². The Bertz CT molecular complexity index is 1610. The number of anilines is 1. The molecule has 0 saturated carbocycles. The summed E-state index contributed by atoms with van der Waals surface area (Å²) in [6.45, 7) is -0.268. The summed E-state index contributed by atoms with van der Waals surface area (Å²) in [7, 11) is 1.75. The zero-order valence-corrected chi connectivity index (χ0v) is 20.5. The van der Waals surface area contributed by atoms with Gasteiger partial charge in [-0.1, -0.05) is 23.7 Å². The first-order chi connectivity index (χ1) is 18.1. The zero-order chi connectivity index (χ0) is 27.0. The van der Waals surface area contributed by atoms with Crippen LogP contribution in [0.4, 0.5) is 19.0 Å². The summed E-state index contributed by atoms with van der Waals surface area (Å²) in [6.07, 6.45) is 0.570. The predicted molar refractivity (Wildman–Crippen MR) is 137 cm³/mol. The molecule has 0 radical (unpaired) electrons. The number of nitrogens with two attached hydrogens (primary N) is 1. The maximum Gasteiger partial charge on any atom is 0.416 e. The molecule has 9 nitrogen and oxygen atoms in total. The summed E-state index contributed by atoms with van der Waals surface area (Å²) in [5.41, 5.74) is 6.66. The SMILES string of the molecule is Cn1ccc(-c2nc(N)c(C(=O)NCC3=CC(C(F)(F)F)=CC(Cl)N3)nc2-c2ccc3ncccc3c2)n1. The highest BCUT2D eigenvalue weighted by atomic mass is 35.5. The van der Waals surface area contributed by atoms with Crippen molar-refractivity contribution < 1.29 is 18.0 Å². The number of halogens is 4. The Morgan fingerprint density at radius 3 is 2.76 bits per heavy atom. The van der Waals surface area contributed by atoms with E-state index >= 15 is 0 Å². The number of amides is 1. The number of hydrogen-bond donors (Lipinski definition) is 3. The number of fused-ring (bicyclic) bond motifs is 1. The molecule has 194 valence electrons. The minimum absolute atomic E-state index is 0.0760. The minimum atomic E-state index is -4.58. The number of carbonyl (C=O) groups excluding carboxylic acids is 1. The Morgan fingerprint density at radius 2 is 2.03 bits per heavy atom. The smallest absolute Gasteiger partial charge is 0.382 e. The van der Waals surface area contributed by atoms with Crippen molar-refractivity contribution >= 4 is 34.2 Å². The summed E-state index contributed by atoms with van der Waals surface area (Å²) in [5, 5.41) is 10.5. The van der Waals surface area contributed by atoms with Gasteiger partial charge in [0.2, 0.25) is 0 Å². The molecule has 1 aliphatic rings. The average molecular weight is 541 g/mol. The van der Waals surface area contributed by atoms with Crippen molar-refractivity contribution in [1.29, 1.82) is 0 Å². The van der Waals surface area contributed by atoms with Gasteiger partial charge in [-0.3, -0.25) is 14.5 Å². The third kappa shape index (κ3) is 5.16. The summed E-state index contributed by atoms with van der Waals surface area (Å²) in [4.78, 5) is 26.4. The molecule has 13 heteroatoms. The van der Waals surface area contributed by atoms with Gasteiger partial charge in [0.1, 0.15) is 16.9 Å². The first-order valence-corrected chi connectivity index (χ1v) is 11.7. The topological polar surface area (TPSA) is 124 Å². The van der Waals surface area contributed by atoms with Crippen molar-refractivity contribution in [3.8, 4) is 22.6 Å². The molecule has 3 aromatic heterocycles. The summed E-state index contributed by atoms with van der Waals surface area (Å²) in [6, 6.07) is 10.9. The summed E-state index contributed by atoms with van der Waals surface area (Å²) >= 11 is 5.88. The molecule has 1 atom stereocenters. The van der Waals surface area contributed by atoms with Gasteiger partial charge in [0.05, 0.1) is 23.3 Å². The van der Waals surface area contributed by atoms with Gasteiger partial charge in [-0.05, 0) is 36.4 Å². The van der Waals surface area contributed by atoms with Gasteiger partial charge in [-0.15, -0.1) is 0 Å². The molecule has 0 bridgehead atoms. The van der Waals surface area contributed by atoms with Crippen LogP contribution in [0.5, 0.6) is 0 Å². The number of pyridine rings is 1. The fourth-order valence-corrected chi connectivity index (χ4v) is 4.23. The highest BCUT2D eigenvalue weighted by molar-refractivity contribution is 6.21. The summed E-state index contributed by atoms with van der Waals surface area (Å²) in [5.74, 6) is -0.880. The van der Waals surface area contributed by atoms with Crippen molar-refractivity contribution in [2.24, 2.45) is 7.05 Å². The van der Waals surface area contributed by atoms with E-state index in [0.29, 0.717) is 22.6 Å². The van der Waals surface area contributed by atoms with Crippen molar-refractivity contribution in [3.05, 3.63) is 77.9 Å². The van der Waals surface area contributed by atoms with Crippen molar-refractivity contribution in [1.82, 2.24) is 35.4 Å². The molecule has 0 saturated heterocycles. The number of nitrogens with zero attached hydrogens (tertiary/aromatic N) is 5. The number of aromatic nitrogens is 5. The first-order valence-electron chi connectivity index (χ1n) is 11.3. The van der Waals surface area contributed by atoms with E-state index in [1.165, 1.54) is 0 Å². The van der Waals surface area contributed by atoms with Gasteiger partial charge in [0, 0.05) is 36.1 Å². The molecule has 0 fully saturated rings. The molecule has 0 aliphatic carbocycles. The maximum absolute atomic E-state index is 13.2. The number of nitrogens with one attached hydrogen (secondary N) is 2.